The first-order chi connectivity index (χ1) is 16.8. The highest BCUT2D eigenvalue weighted by molar-refractivity contribution is 6.22. The average molecular weight is 473 g/mol. The standard InChI is InChI=1S/C28H28N2O5/c1-15-8-16(2)10-21(9-15)29-14-19(12-23(29)31)28(34)35-22-5-3-4-20(13-22)30-26(32)24-17-6-7-18(11-17)25(24)27(30)33/h3-5,8-10,13,17-19,24-25H,6-7,11-12,14H2,1-2H3/t17-,18-,19+,24+,25+/m0/s1. The minimum atomic E-state index is -0.586. The Kier molecular flexibility index (Phi) is 5.06. The average Bonchev–Trinajstić information content (AvgIpc) is 3.57. The van der Waals surface area contributed by atoms with E-state index in [1.54, 1.807) is 29.2 Å². The van der Waals surface area contributed by atoms with Crippen molar-refractivity contribution in [1.29, 1.82) is 0 Å². The molecular weight excluding hydrogens is 444 g/mol. The van der Waals surface area contributed by atoms with E-state index in [1.165, 1.54) is 4.90 Å². The van der Waals surface area contributed by atoms with E-state index in [9.17, 15) is 19.2 Å². The highest BCUT2D eigenvalue weighted by Crippen LogP contribution is 2.56. The topological polar surface area (TPSA) is 84.0 Å². The predicted octanol–water partition coefficient (Wildman–Crippen LogP) is 3.80. The van der Waals surface area contributed by atoms with Gasteiger partial charge in [-0.1, -0.05) is 12.1 Å². The molecule has 2 aromatic carbocycles. The monoisotopic (exact) mass is 472 g/mol. The smallest absolute Gasteiger partial charge is 0.316 e. The maximum atomic E-state index is 13.1. The summed E-state index contributed by atoms with van der Waals surface area (Å²) in [5.41, 5.74) is 3.34. The second-order valence-corrected chi connectivity index (χ2v) is 10.6. The molecule has 0 N–H and O–H groups in total. The maximum absolute atomic E-state index is 13.1. The molecule has 7 heteroatoms. The molecule has 6 rings (SSSR count). The highest BCUT2D eigenvalue weighted by atomic mass is 16.5. The lowest BCUT2D eigenvalue weighted by Gasteiger charge is -2.19. The van der Waals surface area contributed by atoms with Gasteiger partial charge in [0, 0.05) is 24.7 Å². The second kappa shape index (κ2) is 8.04. The van der Waals surface area contributed by atoms with E-state index in [4.69, 9.17) is 4.74 Å². The maximum Gasteiger partial charge on any atom is 0.316 e. The third-order valence-electron chi connectivity index (χ3n) is 8.20. The fourth-order valence-corrected chi connectivity index (χ4v) is 6.77. The molecule has 4 aliphatic rings. The van der Waals surface area contributed by atoms with Crippen molar-refractivity contribution in [3.8, 4) is 5.75 Å². The first kappa shape index (κ1) is 22.0. The lowest BCUT2D eigenvalue weighted by atomic mass is 9.81. The van der Waals surface area contributed by atoms with Crippen LogP contribution < -0.4 is 14.5 Å². The summed E-state index contributed by atoms with van der Waals surface area (Å²) in [7, 11) is 0. The quantitative estimate of drug-likeness (QED) is 0.384. The summed E-state index contributed by atoms with van der Waals surface area (Å²) in [5, 5.41) is 0. The minimum Gasteiger partial charge on any atom is -0.426 e. The number of rotatable bonds is 4. The Balaban J connectivity index is 1.17. The number of imide groups is 1. The molecule has 2 heterocycles. The summed E-state index contributed by atoms with van der Waals surface area (Å²) < 4.78 is 5.63. The predicted molar refractivity (Wildman–Crippen MR) is 129 cm³/mol. The van der Waals surface area contributed by atoms with E-state index in [0.717, 1.165) is 36.1 Å². The molecule has 7 nitrogen and oxygen atoms in total. The van der Waals surface area contributed by atoms with Crippen LogP contribution >= 0.6 is 0 Å². The molecule has 2 saturated carbocycles. The summed E-state index contributed by atoms with van der Waals surface area (Å²) in [6.45, 7) is 4.21. The summed E-state index contributed by atoms with van der Waals surface area (Å²) in [6, 6.07) is 12.5. The molecule has 4 fully saturated rings. The molecule has 2 bridgehead atoms. The van der Waals surface area contributed by atoms with Crippen molar-refractivity contribution in [2.24, 2.45) is 29.6 Å². The number of nitrogens with zero attached hydrogens (tertiary/aromatic N) is 2. The van der Waals surface area contributed by atoms with E-state index in [0.29, 0.717) is 17.5 Å². The number of carbonyl (C=O) groups is 4. The molecule has 5 atom stereocenters. The van der Waals surface area contributed by atoms with Crippen LogP contribution in [-0.2, 0) is 19.2 Å². The van der Waals surface area contributed by atoms with Gasteiger partial charge in [0.05, 0.1) is 23.4 Å². The van der Waals surface area contributed by atoms with Crippen molar-refractivity contribution >= 4 is 35.1 Å². The normalized spacial score (nSPS) is 29.3. The number of benzene rings is 2. The van der Waals surface area contributed by atoms with Crippen molar-refractivity contribution in [1.82, 2.24) is 0 Å². The van der Waals surface area contributed by atoms with Crippen LogP contribution in [-0.4, -0.2) is 30.2 Å². The van der Waals surface area contributed by atoms with Gasteiger partial charge < -0.3 is 9.64 Å². The van der Waals surface area contributed by atoms with Crippen molar-refractivity contribution in [3.63, 3.8) is 0 Å². The molecule has 180 valence electrons. The molecular formula is C28H28N2O5. The summed E-state index contributed by atoms with van der Waals surface area (Å²) in [6.07, 6.45) is 3.11. The van der Waals surface area contributed by atoms with Crippen LogP contribution in [0.5, 0.6) is 5.75 Å². The Morgan fingerprint density at radius 1 is 0.886 bits per heavy atom. The van der Waals surface area contributed by atoms with E-state index in [1.807, 2.05) is 32.0 Å². The molecule has 2 saturated heterocycles. The molecule has 2 aliphatic carbocycles. The highest BCUT2D eigenvalue weighted by Gasteiger charge is 2.61. The van der Waals surface area contributed by atoms with Gasteiger partial charge in [-0.2, -0.15) is 0 Å². The Morgan fingerprint density at radius 2 is 1.54 bits per heavy atom. The second-order valence-electron chi connectivity index (χ2n) is 10.6. The minimum absolute atomic E-state index is 0.0841. The molecule has 0 unspecified atom stereocenters. The zero-order valence-corrected chi connectivity index (χ0v) is 19.9. The number of hydrogen-bond acceptors (Lipinski definition) is 5. The van der Waals surface area contributed by atoms with E-state index in [2.05, 4.69) is 0 Å². The molecule has 2 aliphatic heterocycles. The Hall–Kier alpha value is -3.48. The summed E-state index contributed by atoms with van der Waals surface area (Å²) in [5.74, 6) is -0.942. The third-order valence-corrected chi connectivity index (χ3v) is 8.20. The van der Waals surface area contributed by atoms with Gasteiger partial charge in [0.25, 0.3) is 0 Å². The number of hydrogen-bond donors (Lipinski definition) is 0. The van der Waals surface area contributed by atoms with Crippen molar-refractivity contribution in [2.75, 3.05) is 16.3 Å². The molecule has 0 radical (unpaired) electrons. The fourth-order valence-electron chi connectivity index (χ4n) is 6.77. The van der Waals surface area contributed by atoms with Crippen LogP contribution in [0.1, 0.15) is 36.8 Å². The third kappa shape index (κ3) is 3.56. The Labute approximate surface area is 204 Å². The number of esters is 1. The van der Waals surface area contributed by atoms with Gasteiger partial charge in [0.15, 0.2) is 0 Å². The largest absolute Gasteiger partial charge is 0.426 e. The number of amides is 3. The molecule has 0 spiro atoms. The number of carbonyl (C=O) groups excluding carboxylic acids is 4. The summed E-state index contributed by atoms with van der Waals surface area (Å²) in [4.78, 5) is 54.8. The van der Waals surface area contributed by atoms with Crippen LogP contribution in [0.15, 0.2) is 42.5 Å². The van der Waals surface area contributed by atoms with Crippen LogP contribution in [0.4, 0.5) is 11.4 Å². The number of ether oxygens (including phenoxy) is 1. The van der Waals surface area contributed by atoms with Crippen LogP contribution in [0.3, 0.4) is 0 Å². The van der Waals surface area contributed by atoms with Crippen LogP contribution in [0.25, 0.3) is 0 Å². The van der Waals surface area contributed by atoms with Crippen molar-refractivity contribution in [3.05, 3.63) is 53.6 Å². The summed E-state index contributed by atoms with van der Waals surface area (Å²) >= 11 is 0. The van der Waals surface area contributed by atoms with Gasteiger partial charge in [0.1, 0.15) is 5.75 Å². The molecule has 0 aromatic heterocycles. The van der Waals surface area contributed by atoms with Gasteiger partial charge in [-0.05, 0) is 80.3 Å². The first-order valence-electron chi connectivity index (χ1n) is 12.4. The van der Waals surface area contributed by atoms with Gasteiger partial charge in [-0.3, -0.25) is 19.2 Å². The Bertz CT molecular complexity index is 1220. The fraction of sp³-hybridized carbons (Fsp3) is 0.429. The number of fused-ring (bicyclic) bond motifs is 5. The van der Waals surface area contributed by atoms with E-state index < -0.39 is 11.9 Å². The number of aryl methyl sites for hydroxylation is 2. The van der Waals surface area contributed by atoms with Gasteiger partial charge in [-0.25, -0.2) is 4.90 Å². The van der Waals surface area contributed by atoms with Gasteiger partial charge in [-0.15, -0.1) is 0 Å². The zero-order valence-electron chi connectivity index (χ0n) is 19.9. The molecule has 2 aromatic rings. The van der Waals surface area contributed by atoms with Crippen LogP contribution in [0.2, 0.25) is 0 Å². The lowest BCUT2D eigenvalue weighted by Crippen LogP contribution is -2.32. The SMILES string of the molecule is Cc1cc(C)cc(N2C[C@H](C(=O)Oc3cccc(N4C(=O)[C@@H]5[C@H]6CC[C@@H](C6)[C@H]5C4=O)c3)CC2=O)c1. The zero-order chi connectivity index (χ0) is 24.4. The van der Waals surface area contributed by atoms with Crippen molar-refractivity contribution in [2.45, 2.75) is 39.5 Å². The molecule has 3 amide bonds. The van der Waals surface area contributed by atoms with Crippen LogP contribution in [0, 0.1) is 43.4 Å². The van der Waals surface area contributed by atoms with Gasteiger partial charge in [0.2, 0.25) is 17.7 Å². The van der Waals surface area contributed by atoms with E-state index >= 15 is 0 Å². The van der Waals surface area contributed by atoms with Gasteiger partial charge >= 0.3 is 5.97 Å². The Morgan fingerprint density at radius 3 is 2.20 bits per heavy atom. The van der Waals surface area contributed by atoms with Crippen molar-refractivity contribution < 1.29 is 23.9 Å². The number of anilines is 2. The molecule has 35 heavy (non-hydrogen) atoms. The lowest BCUT2D eigenvalue weighted by molar-refractivity contribution is -0.139. The van der Waals surface area contributed by atoms with E-state index in [-0.39, 0.29) is 48.3 Å². The first-order valence-corrected chi connectivity index (χ1v) is 12.4.